The van der Waals surface area contributed by atoms with Crippen molar-refractivity contribution in [1.82, 2.24) is 9.88 Å². The van der Waals surface area contributed by atoms with Gasteiger partial charge in [-0.2, -0.15) is 0 Å². The summed E-state index contributed by atoms with van der Waals surface area (Å²) in [5.41, 5.74) is -0.277. The molecular weight excluding hydrogens is 340 g/mol. The Morgan fingerprint density at radius 2 is 1.88 bits per heavy atom. The first kappa shape index (κ1) is 18.8. The normalized spacial score (nSPS) is 10.4. The molecule has 2 amide bonds. The third-order valence-corrected chi connectivity index (χ3v) is 3.36. The van der Waals surface area contributed by atoms with E-state index in [1.165, 1.54) is 0 Å². The maximum Gasteiger partial charge on any atom is 0.285 e. The minimum atomic E-state index is -0.653. The molecule has 26 heavy (non-hydrogen) atoms. The van der Waals surface area contributed by atoms with Crippen molar-refractivity contribution in [2.45, 2.75) is 26.4 Å². The summed E-state index contributed by atoms with van der Waals surface area (Å²) in [5.74, 6) is -0.930. The second kappa shape index (κ2) is 8.06. The lowest BCUT2D eigenvalue weighted by molar-refractivity contribution is -0.385. The van der Waals surface area contributed by atoms with Crippen molar-refractivity contribution in [3.05, 3.63) is 68.6 Å². The highest BCUT2D eigenvalue weighted by atomic mass is 16.6. The summed E-state index contributed by atoms with van der Waals surface area (Å²) in [6.45, 7) is 3.21. The monoisotopic (exact) mass is 358 g/mol. The van der Waals surface area contributed by atoms with Crippen molar-refractivity contribution in [3.8, 4) is 0 Å². The number of amides is 2. The van der Waals surface area contributed by atoms with Gasteiger partial charge in [0.05, 0.1) is 22.4 Å². The van der Waals surface area contributed by atoms with E-state index in [-0.39, 0.29) is 28.9 Å². The van der Waals surface area contributed by atoms with Crippen LogP contribution in [0, 0.1) is 10.1 Å². The molecule has 0 bridgehead atoms. The second-order valence-corrected chi connectivity index (χ2v) is 5.83. The van der Waals surface area contributed by atoms with Gasteiger partial charge in [-0.1, -0.05) is 12.1 Å². The largest absolute Gasteiger partial charge is 0.350 e. The molecule has 1 aromatic carbocycles. The summed E-state index contributed by atoms with van der Waals surface area (Å²) < 4.78 is 0.935. The van der Waals surface area contributed by atoms with E-state index >= 15 is 0 Å². The Kier molecular flexibility index (Phi) is 5.84. The van der Waals surface area contributed by atoms with Gasteiger partial charge in [0.1, 0.15) is 6.54 Å². The first-order valence-corrected chi connectivity index (χ1v) is 7.82. The van der Waals surface area contributed by atoms with Crippen LogP contribution in [0.3, 0.4) is 0 Å². The average molecular weight is 358 g/mol. The number of pyridine rings is 1. The van der Waals surface area contributed by atoms with Gasteiger partial charge >= 0.3 is 0 Å². The predicted octanol–water partition coefficient (Wildman–Crippen LogP) is 1.53. The fourth-order valence-corrected chi connectivity index (χ4v) is 2.22. The maximum atomic E-state index is 12.2. The standard InChI is InChI=1S/C17H18N4O5/c1-11(2)18-17(24)13-5-3-4-6-14(13)19-15(22)10-20-9-12(21(25)26)7-8-16(20)23/h3-9,11H,10H2,1-2H3,(H,18,24)(H,19,22). The summed E-state index contributed by atoms with van der Waals surface area (Å²) in [4.78, 5) is 46.4. The van der Waals surface area contributed by atoms with Gasteiger partial charge in [0, 0.05) is 18.2 Å². The molecule has 0 unspecified atom stereocenters. The van der Waals surface area contributed by atoms with Gasteiger partial charge in [-0.15, -0.1) is 0 Å². The van der Waals surface area contributed by atoms with Gasteiger partial charge in [-0.3, -0.25) is 29.1 Å². The molecule has 136 valence electrons. The molecule has 0 aliphatic carbocycles. The first-order chi connectivity index (χ1) is 12.3. The molecule has 9 nitrogen and oxygen atoms in total. The fourth-order valence-electron chi connectivity index (χ4n) is 2.22. The van der Waals surface area contributed by atoms with Crippen LogP contribution in [-0.4, -0.2) is 27.3 Å². The summed E-state index contributed by atoms with van der Waals surface area (Å²) >= 11 is 0. The molecule has 2 rings (SSSR count). The lowest BCUT2D eigenvalue weighted by atomic mass is 10.1. The minimum Gasteiger partial charge on any atom is -0.350 e. The molecule has 1 heterocycles. The molecule has 0 radical (unpaired) electrons. The molecule has 9 heteroatoms. The van der Waals surface area contributed by atoms with Crippen molar-refractivity contribution in [3.63, 3.8) is 0 Å². The van der Waals surface area contributed by atoms with Gasteiger partial charge in [0.15, 0.2) is 0 Å². The molecule has 0 fully saturated rings. The molecule has 2 aromatic rings. The number of nitrogens with zero attached hydrogens (tertiary/aromatic N) is 2. The molecule has 1 aromatic heterocycles. The van der Waals surface area contributed by atoms with E-state index < -0.39 is 22.9 Å². The zero-order valence-electron chi connectivity index (χ0n) is 14.3. The third-order valence-electron chi connectivity index (χ3n) is 3.36. The van der Waals surface area contributed by atoms with Gasteiger partial charge in [-0.25, -0.2) is 0 Å². The van der Waals surface area contributed by atoms with E-state index in [1.54, 1.807) is 24.3 Å². The fraction of sp³-hybridized carbons (Fsp3) is 0.235. The number of hydrogen-bond acceptors (Lipinski definition) is 5. The van der Waals surface area contributed by atoms with Crippen LogP contribution >= 0.6 is 0 Å². The predicted molar refractivity (Wildman–Crippen MR) is 95.0 cm³/mol. The molecular formula is C17H18N4O5. The highest BCUT2D eigenvalue weighted by Crippen LogP contribution is 2.15. The summed E-state index contributed by atoms with van der Waals surface area (Å²) in [6.07, 6.45) is 0.999. The van der Waals surface area contributed by atoms with Crippen LogP contribution in [0.5, 0.6) is 0 Å². The summed E-state index contributed by atoms with van der Waals surface area (Å²) in [6, 6.07) is 8.46. The van der Waals surface area contributed by atoms with Crippen LogP contribution in [0.4, 0.5) is 11.4 Å². The minimum absolute atomic E-state index is 0.0743. The lowest BCUT2D eigenvalue weighted by Crippen LogP contribution is -2.31. The number of benzene rings is 1. The van der Waals surface area contributed by atoms with Gasteiger partial charge in [0.25, 0.3) is 17.2 Å². The van der Waals surface area contributed by atoms with Crippen molar-refractivity contribution in [2.24, 2.45) is 0 Å². The van der Waals surface area contributed by atoms with Crippen LogP contribution < -0.4 is 16.2 Å². The molecule has 0 saturated heterocycles. The van der Waals surface area contributed by atoms with E-state index in [9.17, 15) is 24.5 Å². The molecule has 0 aliphatic rings. The first-order valence-electron chi connectivity index (χ1n) is 7.82. The third kappa shape index (κ3) is 4.76. The van der Waals surface area contributed by atoms with E-state index in [2.05, 4.69) is 10.6 Å². The Hall–Kier alpha value is -3.49. The zero-order valence-corrected chi connectivity index (χ0v) is 14.3. The second-order valence-electron chi connectivity index (χ2n) is 5.83. The van der Waals surface area contributed by atoms with Crippen molar-refractivity contribution in [2.75, 3.05) is 5.32 Å². The van der Waals surface area contributed by atoms with E-state index in [0.717, 1.165) is 22.9 Å². The Balaban J connectivity index is 2.19. The van der Waals surface area contributed by atoms with Gasteiger partial charge in [-0.05, 0) is 26.0 Å². The number of aromatic nitrogens is 1. The number of carbonyl (C=O) groups is 2. The number of anilines is 1. The molecule has 0 aliphatic heterocycles. The highest BCUT2D eigenvalue weighted by Gasteiger charge is 2.15. The topological polar surface area (TPSA) is 123 Å². The van der Waals surface area contributed by atoms with Crippen LogP contribution in [0.2, 0.25) is 0 Å². The smallest absolute Gasteiger partial charge is 0.285 e. The van der Waals surface area contributed by atoms with Crippen molar-refractivity contribution >= 4 is 23.2 Å². The molecule has 0 saturated carbocycles. The molecule has 0 atom stereocenters. The number of carbonyl (C=O) groups excluding carboxylic acids is 2. The van der Waals surface area contributed by atoms with E-state index in [0.29, 0.717) is 0 Å². The Morgan fingerprint density at radius 3 is 2.54 bits per heavy atom. The molecule has 0 spiro atoms. The number of hydrogen-bond donors (Lipinski definition) is 2. The summed E-state index contributed by atoms with van der Waals surface area (Å²) in [7, 11) is 0. The maximum absolute atomic E-state index is 12.2. The van der Waals surface area contributed by atoms with Crippen molar-refractivity contribution in [1.29, 1.82) is 0 Å². The quantitative estimate of drug-likeness (QED) is 0.599. The van der Waals surface area contributed by atoms with Gasteiger partial charge < -0.3 is 10.6 Å². The molecule has 2 N–H and O–H groups in total. The number of para-hydroxylation sites is 1. The number of rotatable bonds is 6. The van der Waals surface area contributed by atoms with E-state index in [4.69, 9.17) is 0 Å². The van der Waals surface area contributed by atoms with Crippen LogP contribution in [0.25, 0.3) is 0 Å². The Labute approximate surface area is 148 Å². The Morgan fingerprint density at radius 1 is 1.19 bits per heavy atom. The highest BCUT2D eigenvalue weighted by molar-refractivity contribution is 6.03. The van der Waals surface area contributed by atoms with E-state index in [1.807, 2.05) is 13.8 Å². The Bertz CT molecular complexity index is 904. The van der Waals surface area contributed by atoms with Crippen molar-refractivity contribution < 1.29 is 14.5 Å². The summed E-state index contributed by atoms with van der Waals surface area (Å²) in [5, 5.41) is 16.1. The van der Waals surface area contributed by atoms with Crippen LogP contribution in [-0.2, 0) is 11.3 Å². The number of nitrogens with one attached hydrogen (secondary N) is 2. The van der Waals surface area contributed by atoms with Crippen LogP contribution in [0.15, 0.2) is 47.4 Å². The number of nitro groups is 1. The van der Waals surface area contributed by atoms with Gasteiger partial charge in [0.2, 0.25) is 5.91 Å². The zero-order chi connectivity index (χ0) is 19.3. The SMILES string of the molecule is CC(C)NC(=O)c1ccccc1NC(=O)Cn1cc([N+](=O)[O-])ccc1=O. The average Bonchev–Trinajstić information content (AvgIpc) is 2.56. The van der Waals surface area contributed by atoms with Crippen LogP contribution in [0.1, 0.15) is 24.2 Å². The lowest BCUT2D eigenvalue weighted by Gasteiger charge is -2.13.